The molecule has 0 spiro atoms. The lowest BCUT2D eigenvalue weighted by atomic mass is 10.1. The molecule has 0 radical (unpaired) electrons. The molecule has 1 saturated heterocycles. The number of hydrogen-bond acceptors (Lipinski definition) is 6. The molecule has 1 fully saturated rings. The van der Waals surface area contributed by atoms with Crippen molar-refractivity contribution in [3.05, 3.63) is 60.2 Å². The monoisotopic (exact) mass is 419 g/mol. The highest BCUT2D eigenvalue weighted by Crippen LogP contribution is 2.21. The molecule has 3 rings (SSSR count). The molecule has 0 amide bonds. The summed E-state index contributed by atoms with van der Waals surface area (Å²) in [6.45, 7) is 0.687. The minimum Gasteiger partial charge on any atom is -0.457 e. The number of ether oxygens (including phenoxy) is 1. The van der Waals surface area contributed by atoms with E-state index in [1.807, 2.05) is 30.3 Å². The van der Waals surface area contributed by atoms with Crippen LogP contribution in [-0.2, 0) is 19.6 Å². The standard InChI is InChI=1S/C20H21NO5S2/c22-19(14-26-20(23)15-27-17-6-2-1-3-7-17)16-8-10-18(11-9-16)28(24,25)21-12-4-5-13-21/h1-3,6-11H,4-5,12-15H2. The predicted molar refractivity (Wildman–Crippen MR) is 107 cm³/mol. The zero-order chi connectivity index (χ0) is 20.0. The molecule has 0 bridgehead atoms. The van der Waals surface area contributed by atoms with E-state index in [4.69, 9.17) is 4.74 Å². The molecule has 0 aromatic heterocycles. The van der Waals surface area contributed by atoms with Crippen molar-refractivity contribution in [1.29, 1.82) is 0 Å². The molecule has 0 N–H and O–H groups in total. The second-order valence-electron chi connectivity index (χ2n) is 6.32. The van der Waals surface area contributed by atoms with Crippen molar-refractivity contribution in [2.24, 2.45) is 0 Å². The zero-order valence-corrected chi connectivity index (χ0v) is 16.9. The van der Waals surface area contributed by atoms with Crippen LogP contribution in [0, 0.1) is 0 Å². The minimum atomic E-state index is -3.51. The molecular weight excluding hydrogens is 398 g/mol. The fraction of sp³-hybridized carbons (Fsp3) is 0.300. The largest absolute Gasteiger partial charge is 0.457 e. The zero-order valence-electron chi connectivity index (χ0n) is 15.2. The Morgan fingerprint density at radius 3 is 2.25 bits per heavy atom. The first-order valence-corrected chi connectivity index (χ1v) is 11.4. The molecule has 0 aliphatic carbocycles. The number of hydrogen-bond donors (Lipinski definition) is 0. The lowest BCUT2D eigenvalue weighted by Crippen LogP contribution is -2.27. The third-order valence-electron chi connectivity index (χ3n) is 4.34. The second kappa shape index (κ2) is 9.36. The van der Waals surface area contributed by atoms with Crippen LogP contribution in [0.2, 0.25) is 0 Å². The average Bonchev–Trinajstić information content (AvgIpc) is 3.27. The third kappa shape index (κ3) is 5.21. The van der Waals surface area contributed by atoms with Gasteiger partial charge in [0.05, 0.1) is 10.6 Å². The van der Waals surface area contributed by atoms with Gasteiger partial charge in [-0.25, -0.2) is 8.42 Å². The summed E-state index contributed by atoms with van der Waals surface area (Å²) >= 11 is 1.34. The molecule has 1 aliphatic heterocycles. The van der Waals surface area contributed by atoms with E-state index < -0.39 is 16.0 Å². The topological polar surface area (TPSA) is 80.8 Å². The Hall–Kier alpha value is -2.16. The van der Waals surface area contributed by atoms with Gasteiger partial charge in [0, 0.05) is 23.5 Å². The fourth-order valence-corrected chi connectivity index (χ4v) is 5.05. The molecule has 1 heterocycles. The van der Waals surface area contributed by atoms with Crippen LogP contribution in [0.3, 0.4) is 0 Å². The number of Topliss-reactive ketones (excluding diaryl/α,β-unsaturated/α-hetero) is 1. The van der Waals surface area contributed by atoms with Crippen LogP contribution in [0.4, 0.5) is 0 Å². The maximum absolute atomic E-state index is 12.5. The molecule has 2 aromatic carbocycles. The minimum absolute atomic E-state index is 0.115. The number of esters is 1. The number of thioether (sulfide) groups is 1. The molecule has 0 atom stereocenters. The van der Waals surface area contributed by atoms with Crippen molar-refractivity contribution in [3.63, 3.8) is 0 Å². The smallest absolute Gasteiger partial charge is 0.316 e. The van der Waals surface area contributed by atoms with Crippen molar-refractivity contribution >= 4 is 33.5 Å². The number of ketones is 1. The molecule has 2 aromatic rings. The number of rotatable bonds is 8. The van der Waals surface area contributed by atoms with Crippen LogP contribution in [0.5, 0.6) is 0 Å². The van der Waals surface area contributed by atoms with Gasteiger partial charge in [-0.05, 0) is 49.2 Å². The second-order valence-corrected chi connectivity index (χ2v) is 9.31. The Bertz CT molecular complexity index is 921. The van der Waals surface area contributed by atoms with Gasteiger partial charge in [-0.1, -0.05) is 18.2 Å². The Morgan fingerprint density at radius 2 is 1.61 bits per heavy atom. The number of nitrogens with zero attached hydrogens (tertiary/aromatic N) is 1. The number of carbonyl (C=O) groups excluding carboxylic acids is 2. The third-order valence-corrected chi connectivity index (χ3v) is 7.24. The van der Waals surface area contributed by atoms with Gasteiger partial charge in [-0.2, -0.15) is 4.31 Å². The first-order valence-electron chi connectivity index (χ1n) is 8.94. The Labute approximate surface area is 168 Å². The van der Waals surface area contributed by atoms with Gasteiger partial charge in [0.15, 0.2) is 12.4 Å². The SMILES string of the molecule is O=C(CSc1ccccc1)OCC(=O)c1ccc(S(=O)(=O)N2CCCC2)cc1. The van der Waals surface area contributed by atoms with E-state index in [0.29, 0.717) is 18.7 Å². The van der Waals surface area contributed by atoms with Crippen molar-refractivity contribution in [1.82, 2.24) is 4.31 Å². The molecule has 8 heteroatoms. The fourth-order valence-electron chi connectivity index (χ4n) is 2.82. The van der Waals surface area contributed by atoms with Crippen LogP contribution in [0.1, 0.15) is 23.2 Å². The van der Waals surface area contributed by atoms with E-state index in [2.05, 4.69) is 0 Å². The van der Waals surface area contributed by atoms with Crippen molar-refractivity contribution < 1.29 is 22.7 Å². The van der Waals surface area contributed by atoms with Crippen LogP contribution in [-0.4, -0.2) is 49.9 Å². The summed E-state index contributed by atoms with van der Waals surface area (Å²) in [5, 5.41) is 0. The summed E-state index contributed by atoms with van der Waals surface area (Å²) in [7, 11) is -3.51. The molecule has 0 unspecified atom stereocenters. The first-order chi connectivity index (χ1) is 13.5. The first kappa shape index (κ1) is 20.6. The summed E-state index contributed by atoms with van der Waals surface area (Å²) in [6, 6.07) is 15.2. The van der Waals surface area contributed by atoms with Gasteiger partial charge < -0.3 is 4.74 Å². The predicted octanol–water partition coefficient (Wildman–Crippen LogP) is 2.99. The Kier molecular flexibility index (Phi) is 6.88. The van der Waals surface area contributed by atoms with E-state index in [-0.39, 0.29) is 23.0 Å². The lowest BCUT2D eigenvalue weighted by Gasteiger charge is -2.15. The summed E-state index contributed by atoms with van der Waals surface area (Å²) in [4.78, 5) is 25.1. The highest BCUT2D eigenvalue weighted by atomic mass is 32.2. The summed E-state index contributed by atoms with van der Waals surface area (Å²) in [6.07, 6.45) is 1.73. The van der Waals surface area contributed by atoms with Crippen LogP contribution < -0.4 is 0 Å². The molecule has 28 heavy (non-hydrogen) atoms. The highest BCUT2D eigenvalue weighted by Gasteiger charge is 2.27. The van der Waals surface area contributed by atoms with Crippen molar-refractivity contribution in [3.8, 4) is 0 Å². The van der Waals surface area contributed by atoms with E-state index in [0.717, 1.165) is 17.7 Å². The summed E-state index contributed by atoms with van der Waals surface area (Å²) in [5.74, 6) is -0.733. The number of sulfonamides is 1. The Morgan fingerprint density at radius 1 is 0.964 bits per heavy atom. The van der Waals surface area contributed by atoms with Crippen LogP contribution in [0.15, 0.2) is 64.4 Å². The van der Waals surface area contributed by atoms with Gasteiger partial charge in [-0.3, -0.25) is 9.59 Å². The maximum atomic E-state index is 12.5. The highest BCUT2D eigenvalue weighted by molar-refractivity contribution is 8.00. The summed E-state index contributed by atoms with van der Waals surface area (Å²) in [5.41, 5.74) is 0.309. The van der Waals surface area contributed by atoms with E-state index in [1.165, 1.54) is 40.3 Å². The quantitative estimate of drug-likeness (QED) is 0.372. The van der Waals surface area contributed by atoms with Gasteiger partial charge in [0.25, 0.3) is 0 Å². The maximum Gasteiger partial charge on any atom is 0.316 e. The molecule has 1 aliphatic rings. The molecular formula is C20H21NO5S2. The van der Waals surface area contributed by atoms with E-state index in [9.17, 15) is 18.0 Å². The van der Waals surface area contributed by atoms with Gasteiger partial charge in [0.2, 0.25) is 10.0 Å². The Balaban J connectivity index is 1.51. The van der Waals surface area contributed by atoms with Crippen LogP contribution in [0.25, 0.3) is 0 Å². The molecule has 148 valence electrons. The van der Waals surface area contributed by atoms with Crippen molar-refractivity contribution in [2.75, 3.05) is 25.4 Å². The van der Waals surface area contributed by atoms with Gasteiger partial charge >= 0.3 is 5.97 Å². The van der Waals surface area contributed by atoms with Crippen LogP contribution >= 0.6 is 11.8 Å². The normalized spacial score (nSPS) is 14.7. The van der Waals surface area contributed by atoms with E-state index >= 15 is 0 Å². The number of benzene rings is 2. The summed E-state index contributed by atoms with van der Waals surface area (Å²) < 4.78 is 31.5. The lowest BCUT2D eigenvalue weighted by molar-refractivity contribution is -0.139. The average molecular weight is 420 g/mol. The van der Waals surface area contributed by atoms with Crippen molar-refractivity contribution in [2.45, 2.75) is 22.6 Å². The van der Waals surface area contributed by atoms with E-state index in [1.54, 1.807) is 0 Å². The number of carbonyl (C=O) groups is 2. The molecule has 0 saturated carbocycles. The van der Waals surface area contributed by atoms with Gasteiger partial charge in [-0.15, -0.1) is 11.8 Å². The molecule has 6 nitrogen and oxygen atoms in total. The van der Waals surface area contributed by atoms with Gasteiger partial charge in [0.1, 0.15) is 0 Å².